The van der Waals surface area contributed by atoms with Crippen LogP contribution in [0.4, 0.5) is 0 Å². The van der Waals surface area contributed by atoms with E-state index in [9.17, 15) is 14.4 Å². The van der Waals surface area contributed by atoms with Crippen molar-refractivity contribution < 1.29 is 14.4 Å². The summed E-state index contributed by atoms with van der Waals surface area (Å²) >= 11 is 0. The molecular formula is C53H86O3. The van der Waals surface area contributed by atoms with Gasteiger partial charge in [0.05, 0.1) is 0 Å². The van der Waals surface area contributed by atoms with Gasteiger partial charge in [-0.15, -0.1) is 0 Å². The quantitative estimate of drug-likeness (QED) is 0.171. The van der Waals surface area contributed by atoms with Crippen molar-refractivity contribution in [2.24, 2.45) is 0 Å². The first-order valence-corrected chi connectivity index (χ1v) is 21.3. The van der Waals surface area contributed by atoms with Crippen LogP contribution in [0.15, 0.2) is 158 Å². The van der Waals surface area contributed by atoms with Gasteiger partial charge in [-0.3, -0.25) is 9.59 Å². The molecule has 0 aliphatic heterocycles. The molecule has 56 heavy (non-hydrogen) atoms. The van der Waals surface area contributed by atoms with Gasteiger partial charge in [0, 0.05) is 22.3 Å². The fraction of sp³-hybridized carbons (Fsp3) is 0.377. The fourth-order valence-corrected chi connectivity index (χ4v) is 3.08. The first kappa shape index (κ1) is 69.1. The molecule has 5 aromatic carbocycles. The lowest BCUT2D eigenvalue weighted by Crippen LogP contribution is -1.99. The Bertz CT molecular complexity index is 1130. The van der Waals surface area contributed by atoms with Crippen molar-refractivity contribution in [3.05, 3.63) is 180 Å². The first-order chi connectivity index (χ1) is 27.5. The maximum atomic E-state index is 11.8. The third kappa shape index (κ3) is 47.1. The molecule has 3 nitrogen and oxygen atoms in total. The average molecular weight is 771 g/mol. The Hall–Kier alpha value is -4.89. The zero-order valence-electron chi connectivity index (χ0n) is 39.7. The summed E-state index contributed by atoms with van der Waals surface area (Å²) in [7, 11) is 0. The van der Waals surface area contributed by atoms with Crippen LogP contribution in [0.2, 0.25) is 0 Å². The Kier molecular flexibility index (Phi) is 84.0. The zero-order chi connectivity index (χ0) is 45.4. The minimum atomic E-state index is 0.0752. The van der Waals surface area contributed by atoms with Crippen molar-refractivity contribution in [3.8, 4) is 0 Å². The van der Waals surface area contributed by atoms with E-state index < -0.39 is 0 Å². The second-order valence-corrected chi connectivity index (χ2v) is 8.19. The molecule has 5 rings (SSSR count). The molecule has 0 saturated heterocycles. The number of rotatable bonds is 4. The Labute approximate surface area is 349 Å². The van der Waals surface area contributed by atoms with E-state index in [4.69, 9.17) is 0 Å². The third-order valence-corrected chi connectivity index (χ3v) is 4.81. The highest BCUT2D eigenvalue weighted by molar-refractivity contribution is 6.09. The average Bonchev–Trinajstić information content (AvgIpc) is 3.34. The Morgan fingerprint density at radius 1 is 0.232 bits per heavy atom. The number of ketones is 3. The van der Waals surface area contributed by atoms with Gasteiger partial charge in [-0.05, 0) is 13.8 Å². The van der Waals surface area contributed by atoms with Gasteiger partial charge in [0.2, 0.25) is 0 Å². The predicted octanol–water partition coefficient (Wildman–Crippen LogP) is 17.4. The van der Waals surface area contributed by atoms with E-state index in [1.807, 2.05) is 282 Å². The van der Waals surface area contributed by atoms with Crippen LogP contribution in [0.25, 0.3) is 0 Å². The second kappa shape index (κ2) is 68.2. The molecule has 316 valence electrons. The van der Waals surface area contributed by atoms with Gasteiger partial charge >= 0.3 is 0 Å². The zero-order valence-corrected chi connectivity index (χ0v) is 39.7. The lowest BCUT2D eigenvalue weighted by Gasteiger charge is -1.99. The molecule has 0 aliphatic rings. The van der Waals surface area contributed by atoms with Crippen molar-refractivity contribution in [1.82, 2.24) is 0 Å². The van der Waals surface area contributed by atoms with E-state index >= 15 is 0 Å². The van der Waals surface area contributed by atoms with Crippen LogP contribution < -0.4 is 0 Å². The molecule has 0 spiro atoms. The van der Waals surface area contributed by atoms with E-state index in [0.29, 0.717) is 0 Å². The van der Waals surface area contributed by atoms with Gasteiger partial charge in [0.15, 0.2) is 11.6 Å². The van der Waals surface area contributed by atoms with Crippen LogP contribution in [0.1, 0.15) is 170 Å². The molecule has 0 bridgehead atoms. The monoisotopic (exact) mass is 771 g/mol. The van der Waals surface area contributed by atoms with Gasteiger partial charge in [-0.1, -0.05) is 282 Å². The second-order valence-electron chi connectivity index (χ2n) is 8.19. The summed E-state index contributed by atoms with van der Waals surface area (Å²) in [4.78, 5) is 33.1. The van der Waals surface area contributed by atoms with Gasteiger partial charge in [0.1, 0.15) is 5.78 Å². The maximum Gasteiger partial charge on any atom is 0.193 e. The molecule has 3 heteroatoms. The Balaban J connectivity index is -0.0000000847. The van der Waals surface area contributed by atoms with Gasteiger partial charge in [0.25, 0.3) is 0 Å². The molecule has 0 heterocycles. The molecule has 0 aliphatic carbocycles. The third-order valence-electron chi connectivity index (χ3n) is 4.81. The highest BCUT2D eigenvalue weighted by atomic mass is 16.1. The molecule has 5 aromatic rings. The summed E-state index contributed by atoms with van der Waals surface area (Å²) in [6.45, 7) is 39.1. The Morgan fingerprint density at radius 3 is 0.429 bits per heavy atom. The van der Waals surface area contributed by atoms with E-state index in [0.717, 1.165) is 22.3 Å². The summed E-state index contributed by atoms with van der Waals surface area (Å²) in [6, 6.07) is 49.2. The van der Waals surface area contributed by atoms with Crippen molar-refractivity contribution >= 4 is 17.3 Å². The van der Waals surface area contributed by atoms with Crippen molar-refractivity contribution in [2.75, 3.05) is 0 Å². The van der Waals surface area contributed by atoms with Crippen LogP contribution in [0, 0.1) is 0 Å². The van der Waals surface area contributed by atoms with Crippen LogP contribution in [-0.2, 0) is 4.79 Å². The lowest BCUT2D eigenvalue weighted by molar-refractivity contribution is -0.115. The van der Waals surface area contributed by atoms with Gasteiger partial charge < -0.3 is 4.79 Å². The van der Waals surface area contributed by atoms with Crippen molar-refractivity contribution in [3.63, 3.8) is 0 Å². The molecule has 0 amide bonds. The molecule has 0 atom stereocenters. The highest BCUT2D eigenvalue weighted by Gasteiger charge is 2.07. The normalized spacial score (nSPS) is 7.14. The smallest absolute Gasteiger partial charge is 0.193 e. The van der Waals surface area contributed by atoms with Gasteiger partial charge in [-0.2, -0.15) is 0 Å². The van der Waals surface area contributed by atoms with Crippen molar-refractivity contribution in [1.29, 1.82) is 0 Å². The van der Waals surface area contributed by atoms with Crippen molar-refractivity contribution in [2.45, 2.75) is 138 Å². The summed E-state index contributed by atoms with van der Waals surface area (Å²) in [5.74, 6) is 0.317. The number of benzene rings is 5. The standard InChI is InChI=1S/2C13H10O.C6H6.C3H6O.9C2H6/c2*14-13(11-7-3-1-4-8-11)12-9-5-2-6-10-12;1-2-4-6-5-3-1;1-3(2)4;9*1-2/h2*1-10H;1-6H;1-2H3;9*1-2H3. The van der Waals surface area contributed by atoms with Crippen LogP contribution >= 0.6 is 0 Å². The Morgan fingerprint density at radius 2 is 0.321 bits per heavy atom. The first-order valence-electron chi connectivity index (χ1n) is 21.3. The SMILES string of the molecule is CC.CC.CC.CC.CC.CC.CC.CC.CC.CC(C)=O.O=C(c1ccccc1)c1ccccc1.O=C(c1ccccc1)c1ccccc1.c1ccccc1. The number of carbonyl (C=O) groups excluding carboxylic acids is 3. The molecule has 0 N–H and O–H groups in total. The van der Waals surface area contributed by atoms with E-state index in [-0.39, 0.29) is 17.3 Å². The molecular weight excluding hydrogens is 685 g/mol. The van der Waals surface area contributed by atoms with Crippen LogP contribution in [0.5, 0.6) is 0 Å². The topological polar surface area (TPSA) is 51.2 Å². The molecule has 0 unspecified atom stereocenters. The molecule has 0 fully saturated rings. The number of hydrogen-bond acceptors (Lipinski definition) is 3. The van der Waals surface area contributed by atoms with Crippen LogP contribution in [-0.4, -0.2) is 17.3 Å². The van der Waals surface area contributed by atoms with Crippen LogP contribution in [0.3, 0.4) is 0 Å². The minimum Gasteiger partial charge on any atom is -0.300 e. The number of carbonyl (C=O) groups is 3. The highest BCUT2D eigenvalue weighted by Crippen LogP contribution is 2.09. The number of Topliss-reactive ketones (excluding diaryl/α,β-unsaturated/α-hetero) is 1. The minimum absolute atomic E-state index is 0.0752. The molecule has 0 saturated carbocycles. The number of hydrogen-bond donors (Lipinski definition) is 0. The fourth-order valence-electron chi connectivity index (χ4n) is 3.08. The predicted molar refractivity (Wildman–Crippen MR) is 258 cm³/mol. The van der Waals surface area contributed by atoms with E-state index in [1.165, 1.54) is 13.8 Å². The maximum absolute atomic E-state index is 11.8. The van der Waals surface area contributed by atoms with Gasteiger partial charge in [-0.25, -0.2) is 0 Å². The summed E-state index contributed by atoms with van der Waals surface area (Å²) in [5.41, 5.74) is 2.94. The molecule has 0 aromatic heterocycles. The largest absolute Gasteiger partial charge is 0.300 e. The summed E-state index contributed by atoms with van der Waals surface area (Å²) < 4.78 is 0. The van der Waals surface area contributed by atoms with E-state index in [2.05, 4.69) is 0 Å². The molecule has 0 radical (unpaired) electrons. The summed E-state index contributed by atoms with van der Waals surface area (Å²) in [6.07, 6.45) is 0. The van der Waals surface area contributed by atoms with E-state index in [1.54, 1.807) is 0 Å². The lowest BCUT2D eigenvalue weighted by atomic mass is 10.0. The summed E-state index contributed by atoms with van der Waals surface area (Å²) in [5, 5.41) is 0.